The van der Waals surface area contributed by atoms with Crippen LogP contribution in [0.2, 0.25) is 0 Å². The number of piperidine rings is 1. The normalized spacial score (nSPS) is 22.3. The van der Waals surface area contributed by atoms with Gasteiger partial charge in [-0.2, -0.15) is 0 Å². The van der Waals surface area contributed by atoms with Crippen molar-refractivity contribution in [1.29, 1.82) is 0 Å². The van der Waals surface area contributed by atoms with E-state index in [4.69, 9.17) is 4.74 Å². The maximum absolute atomic E-state index is 12.8. The highest BCUT2D eigenvalue weighted by atomic mass is 16.5. The Morgan fingerprint density at radius 2 is 1.83 bits per heavy atom. The SMILES string of the molecule is O=C(CC1Cc2ccccc2C2(CCN(C(=O)c3cccnc3)CC2)O1)N1CCC1. The molecule has 1 atom stereocenters. The van der Waals surface area contributed by atoms with Gasteiger partial charge in [0.05, 0.1) is 23.7 Å². The van der Waals surface area contributed by atoms with Crippen LogP contribution in [-0.4, -0.2) is 58.9 Å². The van der Waals surface area contributed by atoms with Gasteiger partial charge in [0.25, 0.3) is 5.91 Å². The third-order valence-electron chi connectivity index (χ3n) is 6.73. The number of nitrogens with zero attached hydrogens (tertiary/aromatic N) is 3. The second-order valence-electron chi connectivity index (χ2n) is 8.57. The second kappa shape index (κ2) is 7.84. The molecule has 5 rings (SSSR count). The highest BCUT2D eigenvalue weighted by Gasteiger charge is 2.45. The summed E-state index contributed by atoms with van der Waals surface area (Å²) in [4.78, 5) is 33.3. The van der Waals surface area contributed by atoms with Gasteiger partial charge in [0.1, 0.15) is 0 Å². The van der Waals surface area contributed by atoms with Crippen LogP contribution in [0.3, 0.4) is 0 Å². The van der Waals surface area contributed by atoms with E-state index in [0.717, 1.165) is 38.8 Å². The molecule has 4 heterocycles. The van der Waals surface area contributed by atoms with Crippen molar-refractivity contribution in [1.82, 2.24) is 14.8 Å². The van der Waals surface area contributed by atoms with Gasteiger partial charge in [-0.05, 0) is 48.9 Å². The molecule has 6 heteroatoms. The number of carbonyl (C=O) groups is 2. The number of rotatable bonds is 3. The molecule has 2 amide bonds. The van der Waals surface area contributed by atoms with Crippen molar-refractivity contribution in [3.8, 4) is 0 Å². The first kappa shape index (κ1) is 19.2. The molecule has 2 aromatic rings. The highest BCUT2D eigenvalue weighted by Crippen LogP contribution is 2.44. The third-order valence-corrected chi connectivity index (χ3v) is 6.73. The first-order valence-electron chi connectivity index (χ1n) is 10.9. The van der Waals surface area contributed by atoms with Gasteiger partial charge in [-0.1, -0.05) is 24.3 Å². The summed E-state index contributed by atoms with van der Waals surface area (Å²) >= 11 is 0. The molecule has 0 N–H and O–H groups in total. The van der Waals surface area contributed by atoms with Crippen LogP contribution in [0.5, 0.6) is 0 Å². The van der Waals surface area contributed by atoms with Crippen molar-refractivity contribution in [3.63, 3.8) is 0 Å². The lowest BCUT2D eigenvalue weighted by molar-refractivity contribution is -0.155. The van der Waals surface area contributed by atoms with E-state index in [1.807, 2.05) is 15.9 Å². The van der Waals surface area contributed by atoms with E-state index in [-0.39, 0.29) is 17.9 Å². The lowest BCUT2D eigenvalue weighted by Crippen LogP contribution is -2.51. The number of aromatic nitrogens is 1. The number of likely N-dealkylation sites (tertiary alicyclic amines) is 2. The number of amides is 2. The van der Waals surface area contributed by atoms with E-state index in [0.29, 0.717) is 25.1 Å². The van der Waals surface area contributed by atoms with E-state index < -0.39 is 5.60 Å². The van der Waals surface area contributed by atoms with Gasteiger partial charge in [-0.15, -0.1) is 0 Å². The molecular weight excluding hydrogens is 378 g/mol. The van der Waals surface area contributed by atoms with Gasteiger partial charge in [0.2, 0.25) is 5.91 Å². The van der Waals surface area contributed by atoms with Crippen LogP contribution in [-0.2, 0) is 21.6 Å². The maximum atomic E-state index is 12.8. The molecule has 0 saturated carbocycles. The Morgan fingerprint density at radius 3 is 2.53 bits per heavy atom. The average Bonchev–Trinajstić information content (AvgIpc) is 2.73. The molecule has 2 fully saturated rings. The monoisotopic (exact) mass is 405 g/mol. The van der Waals surface area contributed by atoms with E-state index in [2.05, 4.69) is 29.2 Å². The summed E-state index contributed by atoms with van der Waals surface area (Å²) < 4.78 is 6.67. The number of hydrogen-bond acceptors (Lipinski definition) is 4. The number of ether oxygens (including phenoxy) is 1. The van der Waals surface area contributed by atoms with Crippen LogP contribution < -0.4 is 0 Å². The number of carbonyl (C=O) groups excluding carboxylic acids is 2. The molecule has 30 heavy (non-hydrogen) atoms. The predicted octanol–water partition coefficient (Wildman–Crippen LogP) is 2.78. The van der Waals surface area contributed by atoms with Gasteiger partial charge in [-0.3, -0.25) is 14.6 Å². The fraction of sp³-hybridized carbons (Fsp3) is 0.458. The maximum Gasteiger partial charge on any atom is 0.255 e. The minimum Gasteiger partial charge on any atom is -0.366 e. The topological polar surface area (TPSA) is 62.7 Å². The molecule has 0 aliphatic carbocycles. The standard InChI is InChI=1S/C24H27N3O3/c28-22(26-11-4-12-26)16-20-15-18-5-1-2-7-21(18)24(30-20)8-13-27(14-9-24)23(29)19-6-3-10-25-17-19/h1-3,5-7,10,17,20H,4,8-9,11-16H2. The lowest BCUT2D eigenvalue weighted by atomic mass is 9.77. The molecule has 0 bridgehead atoms. The summed E-state index contributed by atoms with van der Waals surface area (Å²) in [5.41, 5.74) is 2.71. The van der Waals surface area contributed by atoms with Gasteiger partial charge in [0.15, 0.2) is 0 Å². The summed E-state index contributed by atoms with van der Waals surface area (Å²) in [5, 5.41) is 0. The Hall–Kier alpha value is -2.73. The van der Waals surface area contributed by atoms with Gasteiger partial charge in [-0.25, -0.2) is 0 Å². The van der Waals surface area contributed by atoms with Crippen LogP contribution in [0.25, 0.3) is 0 Å². The number of hydrogen-bond donors (Lipinski definition) is 0. The van der Waals surface area contributed by atoms with E-state index >= 15 is 0 Å². The molecule has 0 radical (unpaired) electrons. The number of benzene rings is 1. The average molecular weight is 405 g/mol. The van der Waals surface area contributed by atoms with Crippen LogP contribution >= 0.6 is 0 Å². The molecule has 156 valence electrons. The first-order valence-corrected chi connectivity index (χ1v) is 10.9. The number of pyridine rings is 1. The van der Waals surface area contributed by atoms with Gasteiger partial charge >= 0.3 is 0 Å². The van der Waals surface area contributed by atoms with Crippen molar-refractivity contribution in [3.05, 3.63) is 65.5 Å². The highest BCUT2D eigenvalue weighted by molar-refractivity contribution is 5.93. The summed E-state index contributed by atoms with van der Waals surface area (Å²) in [5.74, 6) is 0.219. The van der Waals surface area contributed by atoms with Crippen LogP contribution in [0.1, 0.15) is 47.2 Å². The molecule has 1 aromatic heterocycles. The van der Waals surface area contributed by atoms with Crippen LogP contribution in [0.4, 0.5) is 0 Å². The van der Waals surface area contributed by atoms with Gasteiger partial charge in [0, 0.05) is 38.6 Å². The summed E-state index contributed by atoms with van der Waals surface area (Å²) in [6.45, 7) is 3.01. The molecule has 3 aliphatic heterocycles. The molecular formula is C24H27N3O3. The fourth-order valence-electron chi connectivity index (χ4n) is 4.95. The Balaban J connectivity index is 1.33. The molecule has 1 spiro atoms. The Labute approximate surface area is 176 Å². The summed E-state index contributed by atoms with van der Waals surface area (Å²) in [7, 11) is 0. The quantitative estimate of drug-likeness (QED) is 0.788. The Bertz CT molecular complexity index is 934. The zero-order valence-electron chi connectivity index (χ0n) is 17.1. The largest absolute Gasteiger partial charge is 0.366 e. The molecule has 3 aliphatic rings. The summed E-state index contributed by atoms with van der Waals surface area (Å²) in [6.07, 6.45) is 6.99. The van der Waals surface area contributed by atoms with E-state index in [9.17, 15) is 9.59 Å². The lowest BCUT2D eigenvalue weighted by Gasteiger charge is -2.47. The Morgan fingerprint density at radius 1 is 1.03 bits per heavy atom. The predicted molar refractivity (Wildman–Crippen MR) is 112 cm³/mol. The van der Waals surface area contributed by atoms with Gasteiger partial charge < -0.3 is 14.5 Å². The zero-order chi connectivity index (χ0) is 20.6. The third kappa shape index (κ3) is 3.49. The van der Waals surface area contributed by atoms with Crippen molar-refractivity contribution in [2.75, 3.05) is 26.2 Å². The summed E-state index contributed by atoms with van der Waals surface area (Å²) in [6, 6.07) is 12.0. The second-order valence-corrected chi connectivity index (χ2v) is 8.57. The van der Waals surface area contributed by atoms with E-state index in [1.54, 1.807) is 18.5 Å². The zero-order valence-corrected chi connectivity index (χ0v) is 17.1. The van der Waals surface area contributed by atoms with Crippen molar-refractivity contribution in [2.45, 2.75) is 43.8 Å². The minimum absolute atomic E-state index is 0.0200. The molecule has 1 unspecified atom stereocenters. The molecule has 1 aromatic carbocycles. The fourth-order valence-corrected chi connectivity index (χ4v) is 4.95. The number of fused-ring (bicyclic) bond motifs is 2. The van der Waals surface area contributed by atoms with E-state index in [1.165, 1.54) is 11.1 Å². The van der Waals surface area contributed by atoms with Crippen LogP contribution in [0, 0.1) is 0 Å². The minimum atomic E-state index is -0.416. The van der Waals surface area contributed by atoms with Crippen molar-refractivity contribution >= 4 is 11.8 Å². The van der Waals surface area contributed by atoms with Crippen LogP contribution in [0.15, 0.2) is 48.8 Å². The smallest absolute Gasteiger partial charge is 0.255 e. The molecule has 2 saturated heterocycles. The first-order chi connectivity index (χ1) is 14.6. The molecule has 6 nitrogen and oxygen atoms in total. The van der Waals surface area contributed by atoms with Crippen molar-refractivity contribution < 1.29 is 14.3 Å². The van der Waals surface area contributed by atoms with Crippen molar-refractivity contribution in [2.24, 2.45) is 0 Å². The Kier molecular flexibility index (Phi) is 5.03.